The highest BCUT2D eigenvalue weighted by atomic mass is 16.5. The predicted octanol–water partition coefficient (Wildman–Crippen LogP) is 3.57. The van der Waals surface area contributed by atoms with Gasteiger partial charge in [-0.25, -0.2) is 10.9 Å². The van der Waals surface area contributed by atoms with Gasteiger partial charge in [0, 0.05) is 52.0 Å². The monoisotopic (exact) mass is 545 g/mol. The van der Waals surface area contributed by atoms with Gasteiger partial charge < -0.3 is 31.4 Å². The summed E-state index contributed by atoms with van der Waals surface area (Å²) in [5.41, 5.74) is 27.2. The highest BCUT2D eigenvalue weighted by Crippen LogP contribution is 2.22. The van der Waals surface area contributed by atoms with Crippen LogP contribution in [-0.4, -0.2) is 44.4 Å². The first-order valence-electron chi connectivity index (χ1n) is 12.7. The average molecular weight is 546 g/mol. The molecule has 40 heavy (non-hydrogen) atoms. The molecule has 12 nitrogen and oxygen atoms in total. The smallest absolute Gasteiger partial charge is 0.257 e. The van der Waals surface area contributed by atoms with Gasteiger partial charge in [-0.1, -0.05) is 0 Å². The maximum Gasteiger partial charge on any atom is 0.257 e. The van der Waals surface area contributed by atoms with E-state index < -0.39 is 0 Å². The lowest BCUT2D eigenvalue weighted by Crippen LogP contribution is -2.30. The fourth-order valence-electron chi connectivity index (χ4n) is 3.36. The van der Waals surface area contributed by atoms with Crippen LogP contribution in [-0.2, 0) is 0 Å². The first kappa shape index (κ1) is 29.3. The summed E-state index contributed by atoms with van der Waals surface area (Å²) in [5, 5.41) is 16.9. The third-order valence-corrected chi connectivity index (χ3v) is 5.12. The molecular formula is C28H35N9O3. The summed E-state index contributed by atoms with van der Waals surface area (Å²) in [6.45, 7) is 7.12. The Morgan fingerprint density at radius 1 is 0.625 bits per heavy atom. The molecule has 0 unspecified atom stereocenters. The number of ether oxygens (including phenoxy) is 3. The van der Waals surface area contributed by atoms with Crippen molar-refractivity contribution in [3.8, 4) is 17.2 Å². The third-order valence-electron chi connectivity index (χ3n) is 5.12. The molecule has 0 amide bonds. The van der Waals surface area contributed by atoms with Crippen LogP contribution in [0.5, 0.6) is 17.2 Å². The van der Waals surface area contributed by atoms with Gasteiger partial charge in [0.15, 0.2) is 0 Å². The van der Waals surface area contributed by atoms with Crippen LogP contribution in [0.15, 0.2) is 75.0 Å². The molecule has 0 aliphatic heterocycles. The summed E-state index contributed by atoms with van der Waals surface area (Å²) in [7, 11) is 0. The van der Waals surface area contributed by atoms with Crippen molar-refractivity contribution in [2.75, 3.05) is 37.0 Å². The van der Waals surface area contributed by atoms with Gasteiger partial charge in [0.1, 0.15) is 17.2 Å². The zero-order chi connectivity index (χ0) is 28.7. The molecule has 0 saturated carbocycles. The van der Waals surface area contributed by atoms with Crippen LogP contribution in [0.1, 0.15) is 37.5 Å². The number of hydrogen-bond acceptors (Lipinski definition) is 10. The van der Waals surface area contributed by atoms with Crippen LogP contribution in [0.4, 0.5) is 17.1 Å². The van der Waals surface area contributed by atoms with Crippen LogP contribution >= 0.6 is 0 Å². The second-order valence-corrected chi connectivity index (χ2v) is 8.12. The summed E-state index contributed by atoms with van der Waals surface area (Å²) in [4.78, 5) is 0. The van der Waals surface area contributed by atoms with Crippen LogP contribution in [0.25, 0.3) is 0 Å². The van der Waals surface area contributed by atoms with E-state index in [2.05, 4.69) is 31.3 Å². The molecule has 0 heterocycles. The largest absolute Gasteiger partial charge is 0.493 e. The Bertz CT molecular complexity index is 1320. The van der Waals surface area contributed by atoms with Gasteiger partial charge in [-0.2, -0.15) is 15.3 Å². The quantitative estimate of drug-likeness (QED) is 0.0991. The van der Waals surface area contributed by atoms with Crippen molar-refractivity contribution in [2.45, 2.75) is 20.8 Å². The number of nitrogens with zero attached hydrogens (tertiary/aromatic N) is 4. The normalized spacial score (nSPS) is 11.2. The molecule has 0 aliphatic rings. The van der Waals surface area contributed by atoms with Gasteiger partial charge in [0.2, 0.25) is 0 Å². The number of hydrazone groups is 2. The molecule has 0 aliphatic carbocycles. The number of guanidine groups is 1. The molecule has 3 rings (SSSR count). The number of nitrogen functional groups attached to an aromatic ring is 3. The summed E-state index contributed by atoms with van der Waals surface area (Å²) in [5.74, 6) is 1.95. The second kappa shape index (κ2) is 15.2. The molecule has 0 aromatic heterocycles. The van der Waals surface area contributed by atoms with E-state index in [0.29, 0.717) is 59.7 Å². The van der Waals surface area contributed by atoms with Crippen LogP contribution < -0.4 is 42.3 Å². The fourth-order valence-corrected chi connectivity index (χ4v) is 3.36. The number of benzene rings is 3. The number of nitrogens with one attached hydrogen (secondary N) is 2. The van der Waals surface area contributed by atoms with Crippen molar-refractivity contribution in [1.82, 2.24) is 10.9 Å². The summed E-state index contributed by atoms with van der Waals surface area (Å²) < 4.78 is 16.9. The summed E-state index contributed by atoms with van der Waals surface area (Å²) >= 11 is 0. The average Bonchev–Trinajstić information content (AvgIpc) is 2.92. The minimum Gasteiger partial charge on any atom is -0.493 e. The second-order valence-electron chi connectivity index (χ2n) is 8.12. The zero-order valence-electron chi connectivity index (χ0n) is 22.8. The molecule has 0 spiro atoms. The maximum absolute atomic E-state index is 5.88. The van der Waals surface area contributed by atoms with E-state index in [1.807, 2.05) is 20.8 Å². The Hall–Kier alpha value is -5.26. The van der Waals surface area contributed by atoms with Crippen molar-refractivity contribution >= 4 is 41.7 Å². The highest BCUT2D eigenvalue weighted by molar-refractivity contribution is 5.89. The van der Waals surface area contributed by atoms with Gasteiger partial charge in [-0.3, -0.25) is 0 Å². The Labute approximate surface area is 233 Å². The molecule has 0 atom stereocenters. The first-order chi connectivity index (χ1) is 19.4. The molecule has 210 valence electrons. The number of nitrogens with two attached hydrogens (primary N) is 3. The number of rotatable bonds is 12. The van der Waals surface area contributed by atoms with E-state index >= 15 is 0 Å². The molecular weight excluding hydrogens is 510 g/mol. The van der Waals surface area contributed by atoms with Gasteiger partial charge >= 0.3 is 0 Å². The Balaban J connectivity index is 1.84. The minimum absolute atomic E-state index is 0.138. The lowest BCUT2D eigenvalue weighted by atomic mass is 10.2. The van der Waals surface area contributed by atoms with E-state index in [4.69, 9.17) is 31.4 Å². The minimum atomic E-state index is 0.138. The summed E-state index contributed by atoms with van der Waals surface area (Å²) in [6, 6.07) is 15.9. The molecule has 3 aromatic carbocycles. The maximum atomic E-state index is 5.88. The zero-order valence-corrected chi connectivity index (χ0v) is 22.8. The van der Waals surface area contributed by atoms with Crippen LogP contribution in [0.2, 0.25) is 0 Å². The van der Waals surface area contributed by atoms with E-state index in [0.717, 1.165) is 11.1 Å². The molecule has 0 saturated heterocycles. The predicted molar refractivity (Wildman–Crippen MR) is 163 cm³/mol. The molecule has 8 N–H and O–H groups in total. The molecule has 0 fully saturated rings. The van der Waals surface area contributed by atoms with Gasteiger partial charge in [0.25, 0.3) is 5.96 Å². The van der Waals surface area contributed by atoms with Crippen LogP contribution in [0, 0.1) is 0 Å². The lowest BCUT2D eigenvalue weighted by Gasteiger charge is -2.09. The SMILES string of the molecule is CCOc1cc(N)ccc1C=NN=C(NN=Cc1ccc(N)cc1OCC)NN=Cc1ccc(N)cc1OCC. The standard InChI is InChI=1S/C28H35N9O3/c1-4-38-25-13-22(29)10-7-19(25)16-32-35-28(36-33-17-20-8-11-23(30)14-26(20)39-5-2)37-34-18-21-9-12-24(31)15-27(21)40-6-3/h7-18H,4-6,29-31H2,1-3H3,(H2,35,36,37). The lowest BCUT2D eigenvalue weighted by molar-refractivity contribution is 0.340. The highest BCUT2D eigenvalue weighted by Gasteiger charge is 2.05. The molecule has 0 radical (unpaired) electrons. The Kier molecular flexibility index (Phi) is 11.2. The number of hydrogen-bond donors (Lipinski definition) is 5. The first-order valence-corrected chi connectivity index (χ1v) is 12.7. The Morgan fingerprint density at radius 2 is 1.00 bits per heavy atom. The molecule has 3 aromatic rings. The van der Waals surface area contributed by atoms with Crippen molar-refractivity contribution in [3.05, 3.63) is 71.3 Å². The molecule has 0 bridgehead atoms. The van der Waals surface area contributed by atoms with Crippen molar-refractivity contribution in [1.29, 1.82) is 0 Å². The van der Waals surface area contributed by atoms with Crippen molar-refractivity contribution in [3.63, 3.8) is 0 Å². The summed E-state index contributed by atoms with van der Waals surface area (Å²) in [6.07, 6.45) is 4.70. The number of anilines is 3. The van der Waals surface area contributed by atoms with E-state index in [9.17, 15) is 0 Å². The topological polar surface area (TPSA) is 179 Å². The van der Waals surface area contributed by atoms with Crippen LogP contribution in [0.3, 0.4) is 0 Å². The van der Waals surface area contributed by atoms with Gasteiger partial charge in [-0.15, -0.1) is 5.10 Å². The van der Waals surface area contributed by atoms with E-state index in [-0.39, 0.29) is 5.96 Å². The third kappa shape index (κ3) is 8.94. The van der Waals surface area contributed by atoms with E-state index in [1.165, 1.54) is 0 Å². The van der Waals surface area contributed by atoms with Crippen molar-refractivity contribution in [2.24, 2.45) is 20.4 Å². The Morgan fingerprint density at radius 3 is 1.38 bits per heavy atom. The fraction of sp³-hybridized carbons (Fsp3) is 0.214. The van der Waals surface area contributed by atoms with Crippen molar-refractivity contribution < 1.29 is 14.2 Å². The molecule has 12 heteroatoms. The van der Waals surface area contributed by atoms with E-state index in [1.54, 1.807) is 73.2 Å². The van der Waals surface area contributed by atoms with Gasteiger partial charge in [0.05, 0.1) is 38.5 Å². The van der Waals surface area contributed by atoms with Gasteiger partial charge in [-0.05, 0) is 57.2 Å².